The fourth-order valence-electron chi connectivity index (χ4n) is 4.61. The van der Waals surface area contributed by atoms with E-state index in [2.05, 4.69) is 15.4 Å². The summed E-state index contributed by atoms with van der Waals surface area (Å²) in [6.07, 6.45) is 2.76. The minimum absolute atomic E-state index is 0.0611. The Morgan fingerprint density at radius 1 is 1.32 bits per heavy atom. The molecule has 38 heavy (non-hydrogen) atoms. The van der Waals surface area contributed by atoms with E-state index in [1.165, 1.54) is 25.4 Å². The summed E-state index contributed by atoms with van der Waals surface area (Å²) in [7, 11) is 3.70. The maximum absolute atomic E-state index is 14.5. The summed E-state index contributed by atoms with van der Waals surface area (Å²) in [5.41, 5.74) is 3.14. The molecule has 4 aromatic rings. The molecule has 0 amide bonds. The number of aryl methyl sites for hydroxylation is 2. The highest BCUT2D eigenvalue weighted by Gasteiger charge is 2.28. The van der Waals surface area contributed by atoms with E-state index in [9.17, 15) is 8.78 Å². The number of aromatic nitrogens is 4. The molecule has 198 valence electrons. The van der Waals surface area contributed by atoms with Gasteiger partial charge in [-0.2, -0.15) is 5.10 Å². The molecule has 10 heteroatoms. The first-order chi connectivity index (χ1) is 18.0. The van der Waals surface area contributed by atoms with Crippen molar-refractivity contribution in [1.29, 1.82) is 0 Å². The van der Waals surface area contributed by atoms with Crippen molar-refractivity contribution in [3.8, 4) is 17.1 Å². The molecule has 2 aromatic heterocycles. The van der Waals surface area contributed by atoms with Gasteiger partial charge in [0.2, 0.25) is 0 Å². The van der Waals surface area contributed by atoms with Crippen LogP contribution in [-0.4, -0.2) is 33.8 Å². The van der Waals surface area contributed by atoms with Crippen LogP contribution in [-0.2, 0) is 19.1 Å². The zero-order valence-electron chi connectivity index (χ0n) is 22.4. The lowest BCUT2D eigenvalue weighted by atomic mass is 9.71. The number of benzene rings is 2. The first-order valence-electron chi connectivity index (χ1n) is 12.5. The first-order valence-corrected chi connectivity index (χ1v) is 12.9. The van der Waals surface area contributed by atoms with Crippen molar-refractivity contribution in [1.82, 2.24) is 25.1 Å². The van der Waals surface area contributed by atoms with Gasteiger partial charge in [0, 0.05) is 40.4 Å². The normalized spacial score (nSPS) is 14.4. The number of halogens is 3. The van der Waals surface area contributed by atoms with E-state index >= 15 is 0 Å². The molecule has 1 N–H and O–H groups in total. The van der Waals surface area contributed by atoms with E-state index in [1.54, 1.807) is 10.8 Å². The number of fused-ring (bicyclic) bond motifs is 1. The average molecular weight is 538 g/mol. The lowest BCUT2D eigenvalue weighted by Crippen LogP contribution is -2.42. The number of nitrogens with one attached hydrogen (secondary N) is 1. The van der Waals surface area contributed by atoms with Crippen molar-refractivity contribution >= 4 is 30.4 Å². The number of hydrogen-bond donors (Lipinski definition) is 1. The van der Waals surface area contributed by atoms with Crippen molar-refractivity contribution in [3.05, 3.63) is 82.2 Å². The third-order valence-electron chi connectivity index (χ3n) is 6.40. The smallest absolute Gasteiger partial charge is 0.158 e. The van der Waals surface area contributed by atoms with Crippen LogP contribution >= 0.6 is 11.6 Å². The molecule has 0 spiro atoms. The highest BCUT2D eigenvalue weighted by molar-refractivity contribution is 6.31. The van der Waals surface area contributed by atoms with Gasteiger partial charge in [0.15, 0.2) is 5.82 Å². The monoisotopic (exact) mass is 537 g/mol. The van der Waals surface area contributed by atoms with Gasteiger partial charge in [-0.25, -0.2) is 23.4 Å². The molecule has 0 fully saturated rings. The molecular formula is C28H31BClF2N5O. The Bertz CT molecular complexity index is 1500. The number of allylic oxidation sites excluding steroid dienone is 2. The predicted molar refractivity (Wildman–Crippen MR) is 150 cm³/mol. The van der Waals surface area contributed by atoms with Crippen molar-refractivity contribution in [3.63, 3.8) is 0 Å². The second kappa shape index (κ2) is 11.1. The Morgan fingerprint density at radius 3 is 2.74 bits per heavy atom. The second-order valence-electron chi connectivity index (χ2n) is 9.81. The van der Waals surface area contributed by atoms with E-state index in [4.69, 9.17) is 21.3 Å². The number of alkyl halides is 1. The minimum Gasteiger partial charge on any atom is -0.487 e. The molecule has 1 unspecified atom stereocenters. The summed E-state index contributed by atoms with van der Waals surface area (Å²) in [6, 6.07) is 10.3. The summed E-state index contributed by atoms with van der Waals surface area (Å²) < 4.78 is 36.8. The van der Waals surface area contributed by atoms with Crippen LogP contribution in [0.2, 0.25) is 5.02 Å². The minimum atomic E-state index is -1.20. The molecule has 2 aromatic carbocycles. The molecule has 4 rings (SSSR count). The summed E-state index contributed by atoms with van der Waals surface area (Å²) in [4.78, 5) is 9.14. The third-order valence-corrected chi connectivity index (χ3v) is 6.74. The topological polar surface area (TPSA) is 64.9 Å². The van der Waals surface area contributed by atoms with E-state index < -0.39 is 17.4 Å². The summed E-state index contributed by atoms with van der Waals surface area (Å²) in [5, 5.41) is 8.54. The lowest BCUT2D eigenvalue weighted by Gasteiger charge is -2.33. The Kier molecular flexibility index (Phi) is 8.06. The zero-order valence-corrected chi connectivity index (χ0v) is 23.2. The van der Waals surface area contributed by atoms with Gasteiger partial charge in [0.25, 0.3) is 0 Å². The number of para-hydroxylation sites is 1. The van der Waals surface area contributed by atoms with Crippen LogP contribution in [0.3, 0.4) is 0 Å². The molecule has 0 saturated heterocycles. The highest BCUT2D eigenvalue weighted by atomic mass is 35.5. The Hall–Kier alpha value is -3.46. The van der Waals surface area contributed by atoms with Gasteiger partial charge in [-0.1, -0.05) is 36.7 Å². The Labute approximate surface area is 227 Å². The largest absolute Gasteiger partial charge is 0.487 e. The van der Waals surface area contributed by atoms with Crippen LogP contribution in [0.4, 0.5) is 8.78 Å². The average Bonchev–Trinajstić information content (AvgIpc) is 3.27. The van der Waals surface area contributed by atoms with Gasteiger partial charge in [0.05, 0.1) is 5.02 Å². The predicted octanol–water partition coefficient (Wildman–Crippen LogP) is 5.76. The quantitative estimate of drug-likeness (QED) is 0.275. The second-order valence-corrected chi connectivity index (χ2v) is 10.2. The fourth-order valence-corrected chi connectivity index (χ4v) is 4.87. The molecule has 0 aliphatic rings. The summed E-state index contributed by atoms with van der Waals surface area (Å²) in [6.45, 7) is 7.24. The van der Waals surface area contributed by atoms with Crippen molar-refractivity contribution < 1.29 is 13.5 Å². The SMILES string of the molecule is B[C@@](C)(N/C(=C\CC)C(C)F)c1cc(F)cc(Cl)c1COc1cccc2c(-c3ncnn3C)cc(C)nc12. The van der Waals surface area contributed by atoms with Gasteiger partial charge in [-0.3, -0.25) is 0 Å². The number of nitrogens with zero attached hydrogens (tertiary/aromatic N) is 4. The molecule has 0 radical (unpaired) electrons. The molecular weight excluding hydrogens is 507 g/mol. The molecule has 2 heterocycles. The van der Waals surface area contributed by atoms with Gasteiger partial charge >= 0.3 is 0 Å². The van der Waals surface area contributed by atoms with Crippen LogP contribution in [0.1, 0.15) is 44.0 Å². The van der Waals surface area contributed by atoms with E-state index in [0.29, 0.717) is 40.3 Å². The maximum Gasteiger partial charge on any atom is 0.158 e. The van der Waals surface area contributed by atoms with Crippen LogP contribution in [0, 0.1) is 12.7 Å². The van der Waals surface area contributed by atoms with Gasteiger partial charge < -0.3 is 10.1 Å². The zero-order chi connectivity index (χ0) is 27.6. The number of rotatable bonds is 9. The maximum atomic E-state index is 14.5. The molecule has 0 bridgehead atoms. The van der Waals surface area contributed by atoms with Crippen LogP contribution in [0.25, 0.3) is 22.3 Å². The Balaban J connectivity index is 1.74. The van der Waals surface area contributed by atoms with Crippen molar-refractivity contribution in [2.45, 2.75) is 52.3 Å². The van der Waals surface area contributed by atoms with Gasteiger partial charge in [-0.05, 0) is 57.0 Å². The summed E-state index contributed by atoms with van der Waals surface area (Å²) >= 11 is 6.55. The van der Waals surface area contributed by atoms with Crippen molar-refractivity contribution in [2.24, 2.45) is 7.05 Å². The highest BCUT2D eigenvalue weighted by Crippen LogP contribution is 2.35. The first kappa shape index (κ1) is 27.6. The summed E-state index contributed by atoms with van der Waals surface area (Å²) in [5.74, 6) is 0.789. The third kappa shape index (κ3) is 5.67. The van der Waals surface area contributed by atoms with E-state index in [1.807, 2.05) is 59.9 Å². The number of pyridine rings is 1. The van der Waals surface area contributed by atoms with Crippen molar-refractivity contribution in [2.75, 3.05) is 0 Å². The molecule has 0 saturated carbocycles. The van der Waals surface area contributed by atoms with Gasteiger partial charge in [0.1, 0.15) is 44.0 Å². The fraction of sp³-hybridized carbons (Fsp3) is 0.321. The van der Waals surface area contributed by atoms with Crippen LogP contribution in [0.15, 0.2) is 54.5 Å². The van der Waals surface area contributed by atoms with Crippen LogP contribution < -0.4 is 10.1 Å². The number of ether oxygens (including phenoxy) is 1. The lowest BCUT2D eigenvalue weighted by molar-refractivity contribution is 0.305. The molecule has 0 aliphatic carbocycles. The van der Waals surface area contributed by atoms with E-state index in [-0.39, 0.29) is 11.6 Å². The molecule has 0 aliphatic heterocycles. The number of hydrogen-bond acceptors (Lipinski definition) is 5. The molecule has 6 nitrogen and oxygen atoms in total. The Morgan fingerprint density at radius 2 is 2.08 bits per heavy atom. The van der Waals surface area contributed by atoms with Crippen LogP contribution in [0.5, 0.6) is 5.75 Å². The van der Waals surface area contributed by atoms with Gasteiger partial charge in [-0.15, -0.1) is 0 Å². The molecule has 2 atom stereocenters. The van der Waals surface area contributed by atoms with E-state index in [0.717, 1.165) is 16.6 Å². The standard InChI is InChI=1S/C28H31BClF2N5O/c1-6-8-24(17(3)31)36-28(4,29)22-12-18(32)13-23(30)21(22)14-38-25-10-7-9-19-20(11-16(2)35-26(19)25)27-33-15-34-37(27)5/h7-13,15,17,36H,6,14,29H2,1-5H3/b24-8-/t17?,28-/m0/s1.